The number of fused-ring (bicyclic) bond motifs is 1. The Morgan fingerprint density at radius 1 is 1.18 bits per heavy atom. The minimum atomic E-state index is -0.480. The first-order chi connectivity index (χ1) is 19.2. The van der Waals surface area contributed by atoms with E-state index in [1.165, 1.54) is 18.5 Å². The van der Waals surface area contributed by atoms with Gasteiger partial charge in [0.25, 0.3) is 0 Å². The van der Waals surface area contributed by atoms with Crippen molar-refractivity contribution in [3.8, 4) is 28.5 Å². The first kappa shape index (κ1) is 27.0. The van der Waals surface area contributed by atoms with Crippen molar-refractivity contribution in [1.29, 1.82) is 0 Å². The molecule has 9 nitrogen and oxygen atoms in total. The number of allylic oxidation sites excluding steroid dienone is 2. The summed E-state index contributed by atoms with van der Waals surface area (Å²) < 4.78 is 33.2. The summed E-state index contributed by atoms with van der Waals surface area (Å²) in [6, 6.07) is 11.5. The van der Waals surface area contributed by atoms with Crippen molar-refractivity contribution in [2.24, 2.45) is 10.4 Å². The molecule has 0 saturated carbocycles. The molecular weight excluding hydrogens is 511 g/mol. The molecule has 0 unspecified atom stereocenters. The average molecular weight is 543 g/mol. The molecule has 1 aliphatic heterocycles. The molecule has 5 rings (SSSR count). The van der Waals surface area contributed by atoms with Crippen LogP contribution < -0.4 is 15.2 Å². The van der Waals surface area contributed by atoms with E-state index in [0.29, 0.717) is 65.1 Å². The van der Waals surface area contributed by atoms with Gasteiger partial charge in [0.1, 0.15) is 47.5 Å². The molecule has 0 bridgehead atoms. The highest BCUT2D eigenvalue weighted by Gasteiger charge is 2.35. The van der Waals surface area contributed by atoms with E-state index in [4.69, 9.17) is 25.0 Å². The molecular formula is C30H31FN6O3. The lowest BCUT2D eigenvalue weighted by Gasteiger charge is -2.37. The Morgan fingerprint density at radius 2 is 1.93 bits per heavy atom. The first-order valence-corrected chi connectivity index (χ1v) is 12.8. The number of anilines is 1. The minimum absolute atomic E-state index is 0.00653. The number of hydrogen-bond acceptors (Lipinski definition) is 8. The first-order valence-electron chi connectivity index (χ1n) is 12.8. The number of halogens is 1. The highest BCUT2D eigenvalue weighted by atomic mass is 19.1. The van der Waals surface area contributed by atoms with Crippen LogP contribution in [0.5, 0.6) is 17.2 Å². The fraction of sp³-hybridized carbons (Fsp3) is 0.267. The lowest BCUT2D eigenvalue weighted by molar-refractivity contribution is -0.111. The van der Waals surface area contributed by atoms with E-state index in [1.807, 2.05) is 36.7 Å². The smallest absolute Gasteiger partial charge is 0.163 e. The van der Waals surface area contributed by atoms with E-state index >= 15 is 0 Å². The number of rotatable bonds is 10. The van der Waals surface area contributed by atoms with Gasteiger partial charge in [-0.05, 0) is 38.1 Å². The van der Waals surface area contributed by atoms with E-state index in [9.17, 15) is 4.39 Å². The van der Waals surface area contributed by atoms with Crippen LogP contribution in [0.2, 0.25) is 0 Å². The predicted octanol–water partition coefficient (Wildman–Crippen LogP) is 5.97. The summed E-state index contributed by atoms with van der Waals surface area (Å²) >= 11 is 0. The summed E-state index contributed by atoms with van der Waals surface area (Å²) in [5.74, 6) is 1.02. The molecule has 1 saturated heterocycles. The third kappa shape index (κ3) is 6.02. The maximum absolute atomic E-state index is 14.3. The van der Waals surface area contributed by atoms with Crippen LogP contribution in [-0.4, -0.2) is 45.8 Å². The third-order valence-electron chi connectivity index (χ3n) is 6.49. The van der Waals surface area contributed by atoms with E-state index in [2.05, 4.69) is 28.5 Å². The Morgan fingerprint density at radius 3 is 2.62 bits per heavy atom. The summed E-state index contributed by atoms with van der Waals surface area (Å²) in [6.45, 7) is 12.0. The molecule has 10 heteroatoms. The van der Waals surface area contributed by atoms with Crippen molar-refractivity contribution in [1.82, 2.24) is 19.7 Å². The van der Waals surface area contributed by atoms with Gasteiger partial charge in [0.15, 0.2) is 5.65 Å². The normalized spacial score (nSPS) is 14.8. The van der Waals surface area contributed by atoms with Crippen molar-refractivity contribution < 1.29 is 18.6 Å². The Kier molecular flexibility index (Phi) is 7.61. The SMILES string of the molecule is C=C(C=NC(C)=CC)COc1cc(F)cc(Oc2ccc(-c3nn(CC4(C)COC4)c4ncnc(N)c34)cc2)c1. The standard InChI is InChI=1S/C30H31FN6O3/c1-5-20(3)33-13-19(2)14-39-24-10-22(31)11-25(12-24)40-23-8-6-21(7-9-23)27-26-28(32)34-18-35-29(26)37(36-27)15-30(4)16-38-17-30/h5-13,18H,2,14-17H2,1,3-4H3,(H2,32,34,35). The molecule has 206 valence electrons. The van der Waals surface area contributed by atoms with Gasteiger partial charge in [-0.25, -0.2) is 19.0 Å². The predicted molar refractivity (Wildman–Crippen MR) is 153 cm³/mol. The van der Waals surface area contributed by atoms with Gasteiger partial charge in [-0.3, -0.25) is 4.99 Å². The van der Waals surface area contributed by atoms with Crippen molar-refractivity contribution in [3.05, 3.63) is 78.5 Å². The number of benzene rings is 2. The Hall–Kier alpha value is -4.57. The third-order valence-corrected chi connectivity index (χ3v) is 6.49. The molecule has 1 fully saturated rings. The van der Waals surface area contributed by atoms with Crippen molar-refractivity contribution in [2.45, 2.75) is 27.3 Å². The van der Waals surface area contributed by atoms with Crippen LogP contribution in [0.3, 0.4) is 0 Å². The van der Waals surface area contributed by atoms with Crippen molar-refractivity contribution in [3.63, 3.8) is 0 Å². The van der Waals surface area contributed by atoms with Gasteiger partial charge < -0.3 is 19.9 Å². The van der Waals surface area contributed by atoms with Crippen LogP contribution >= 0.6 is 0 Å². The van der Waals surface area contributed by atoms with E-state index in [-0.39, 0.29) is 12.0 Å². The number of nitrogens with two attached hydrogens (primary N) is 1. The van der Waals surface area contributed by atoms with Gasteiger partial charge in [0.2, 0.25) is 0 Å². The molecule has 2 N–H and O–H groups in total. The molecule has 0 amide bonds. The Bertz CT molecular complexity index is 1610. The monoisotopic (exact) mass is 542 g/mol. The highest BCUT2D eigenvalue weighted by molar-refractivity contribution is 5.98. The summed E-state index contributed by atoms with van der Waals surface area (Å²) in [7, 11) is 0. The highest BCUT2D eigenvalue weighted by Crippen LogP contribution is 2.35. The Balaban J connectivity index is 1.32. The minimum Gasteiger partial charge on any atom is -0.489 e. The summed E-state index contributed by atoms with van der Waals surface area (Å²) in [5, 5.41) is 5.53. The summed E-state index contributed by atoms with van der Waals surface area (Å²) in [6.07, 6.45) is 4.96. The van der Waals surface area contributed by atoms with Gasteiger partial charge >= 0.3 is 0 Å². The molecule has 2 aromatic heterocycles. The van der Waals surface area contributed by atoms with Crippen LogP contribution in [0, 0.1) is 11.2 Å². The van der Waals surface area contributed by atoms with Crippen LogP contribution in [0.1, 0.15) is 20.8 Å². The molecule has 0 aliphatic carbocycles. The molecule has 4 aromatic rings. The van der Waals surface area contributed by atoms with Crippen molar-refractivity contribution in [2.75, 3.05) is 25.6 Å². The van der Waals surface area contributed by atoms with Crippen LogP contribution in [0.15, 0.2) is 77.7 Å². The molecule has 1 aliphatic rings. The second-order valence-electron chi connectivity index (χ2n) is 10.2. The zero-order chi connectivity index (χ0) is 28.3. The Labute approximate surface area is 231 Å². The lowest BCUT2D eigenvalue weighted by atomic mass is 9.89. The second kappa shape index (κ2) is 11.3. The molecule has 3 heterocycles. The number of ether oxygens (including phenoxy) is 3. The van der Waals surface area contributed by atoms with Gasteiger partial charge in [0.05, 0.1) is 25.1 Å². The van der Waals surface area contributed by atoms with E-state index in [0.717, 1.165) is 11.3 Å². The maximum Gasteiger partial charge on any atom is 0.163 e. The van der Waals surface area contributed by atoms with Gasteiger partial charge in [0, 0.05) is 46.7 Å². The number of aliphatic imine (C=N–C) groups is 1. The second-order valence-corrected chi connectivity index (χ2v) is 10.2. The molecule has 2 aromatic carbocycles. The lowest BCUT2D eigenvalue weighted by Crippen LogP contribution is -2.43. The summed E-state index contributed by atoms with van der Waals surface area (Å²) in [4.78, 5) is 12.9. The fourth-order valence-corrected chi connectivity index (χ4v) is 4.22. The maximum atomic E-state index is 14.3. The number of hydrogen-bond donors (Lipinski definition) is 1. The van der Waals surface area contributed by atoms with Crippen LogP contribution in [-0.2, 0) is 11.3 Å². The van der Waals surface area contributed by atoms with Gasteiger partial charge in [-0.1, -0.05) is 19.6 Å². The number of aromatic nitrogens is 4. The zero-order valence-electron chi connectivity index (χ0n) is 22.7. The largest absolute Gasteiger partial charge is 0.489 e. The van der Waals surface area contributed by atoms with Crippen molar-refractivity contribution >= 4 is 23.1 Å². The van der Waals surface area contributed by atoms with E-state index < -0.39 is 5.82 Å². The van der Waals surface area contributed by atoms with Gasteiger partial charge in [-0.2, -0.15) is 5.10 Å². The van der Waals surface area contributed by atoms with E-state index in [1.54, 1.807) is 24.4 Å². The quantitative estimate of drug-likeness (QED) is 0.246. The summed E-state index contributed by atoms with van der Waals surface area (Å²) in [5.41, 5.74) is 9.93. The zero-order valence-corrected chi connectivity index (χ0v) is 22.7. The molecule has 0 spiro atoms. The molecule has 0 radical (unpaired) electrons. The number of nitrogen functional groups attached to an aromatic ring is 1. The molecule has 40 heavy (non-hydrogen) atoms. The van der Waals surface area contributed by atoms with Crippen LogP contribution in [0.4, 0.5) is 10.2 Å². The number of nitrogens with zero attached hydrogens (tertiary/aromatic N) is 5. The topological polar surface area (TPSA) is 110 Å². The fourth-order valence-electron chi connectivity index (χ4n) is 4.22. The molecule has 0 atom stereocenters. The van der Waals surface area contributed by atoms with Crippen LogP contribution in [0.25, 0.3) is 22.3 Å². The average Bonchev–Trinajstić information content (AvgIpc) is 3.29. The van der Waals surface area contributed by atoms with Gasteiger partial charge in [-0.15, -0.1) is 0 Å².